The SMILES string of the molecule is CCOC(=O)N1CCC(NC(=O)c2cccc(C(=O)NC(C)CC)c2)CC1. The van der Waals surface area contributed by atoms with E-state index in [9.17, 15) is 14.4 Å². The minimum atomic E-state index is -0.303. The number of likely N-dealkylation sites (tertiary alicyclic amines) is 1. The number of ether oxygens (including phenoxy) is 1. The summed E-state index contributed by atoms with van der Waals surface area (Å²) in [5.41, 5.74) is 0.930. The number of carbonyl (C=O) groups excluding carboxylic acids is 3. The molecule has 1 fully saturated rings. The summed E-state index contributed by atoms with van der Waals surface area (Å²) >= 11 is 0. The monoisotopic (exact) mass is 375 g/mol. The van der Waals surface area contributed by atoms with Gasteiger partial charge in [0.15, 0.2) is 0 Å². The highest BCUT2D eigenvalue weighted by molar-refractivity contribution is 5.99. The van der Waals surface area contributed by atoms with Crippen molar-refractivity contribution in [2.75, 3.05) is 19.7 Å². The zero-order chi connectivity index (χ0) is 19.8. The predicted octanol–water partition coefficient (Wildman–Crippen LogP) is 2.57. The highest BCUT2D eigenvalue weighted by atomic mass is 16.6. The molecule has 1 atom stereocenters. The van der Waals surface area contributed by atoms with E-state index in [2.05, 4.69) is 10.6 Å². The van der Waals surface area contributed by atoms with Crippen LogP contribution in [0.25, 0.3) is 0 Å². The Morgan fingerprint density at radius 2 is 1.78 bits per heavy atom. The van der Waals surface area contributed by atoms with Crippen LogP contribution < -0.4 is 10.6 Å². The predicted molar refractivity (Wildman–Crippen MR) is 103 cm³/mol. The van der Waals surface area contributed by atoms with Crippen molar-refractivity contribution < 1.29 is 19.1 Å². The minimum Gasteiger partial charge on any atom is -0.450 e. The molecule has 1 aromatic rings. The van der Waals surface area contributed by atoms with Gasteiger partial charge >= 0.3 is 6.09 Å². The molecule has 0 aromatic heterocycles. The first kappa shape index (κ1) is 20.7. The zero-order valence-corrected chi connectivity index (χ0v) is 16.3. The maximum absolute atomic E-state index is 12.5. The molecule has 7 nitrogen and oxygen atoms in total. The molecule has 1 saturated heterocycles. The smallest absolute Gasteiger partial charge is 0.409 e. The Morgan fingerprint density at radius 3 is 2.37 bits per heavy atom. The molecule has 1 aromatic carbocycles. The second-order valence-corrected chi connectivity index (χ2v) is 6.80. The molecule has 0 spiro atoms. The molecule has 3 amide bonds. The van der Waals surface area contributed by atoms with Crippen LogP contribution in [0.15, 0.2) is 24.3 Å². The van der Waals surface area contributed by atoms with Gasteiger partial charge in [0, 0.05) is 36.3 Å². The molecule has 0 bridgehead atoms. The Hall–Kier alpha value is -2.57. The van der Waals surface area contributed by atoms with Crippen LogP contribution in [0.4, 0.5) is 4.79 Å². The van der Waals surface area contributed by atoms with Crippen LogP contribution in [-0.4, -0.2) is 54.6 Å². The first-order valence-electron chi connectivity index (χ1n) is 9.58. The Morgan fingerprint density at radius 1 is 1.15 bits per heavy atom. The van der Waals surface area contributed by atoms with E-state index in [1.165, 1.54) is 0 Å². The number of benzene rings is 1. The summed E-state index contributed by atoms with van der Waals surface area (Å²) in [6.07, 6.45) is 1.90. The summed E-state index contributed by atoms with van der Waals surface area (Å²) in [6, 6.07) is 6.81. The van der Waals surface area contributed by atoms with Gasteiger partial charge in [-0.25, -0.2) is 4.79 Å². The van der Waals surface area contributed by atoms with Crippen LogP contribution in [0.3, 0.4) is 0 Å². The number of amides is 3. The Bertz CT molecular complexity index is 669. The number of hydrogen-bond donors (Lipinski definition) is 2. The summed E-state index contributed by atoms with van der Waals surface area (Å²) in [5, 5.41) is 5.89. The van der Waals surface area contributed by atoms with Crippen molar-refractivity contribution in [2.24, 2.45) is 0 Å². The van der Waals surface area contributed by atoms with Gasteiger partial charge in [0.05, 0.1) is 6.61 Å². The first-order valence-corrected chi connectivity index (χ1v) is 9.58. The molecule has 1 aliphatic heterocycles. The lowest BCUT2D eigenvalue weighted by atomic mass is 10.0. The molecule has 0 radical (unpaired) electrons. The van der Waals surface area contributed by atoms with Crippen molar-refractivity contribution in [1.29, 1.82) is 0 Å². The molecule has 1 unspecified atom stereocenters. The number of hydrogen-bond acceptors (Lipinski definition) is 4. The van der Waals surface area contributed by atoms with Gasteiger partial charge in [-0.1, -0.05) is 13.0 Å². The number of rotatable bonds is 6. The standard InChI is InChI=1S/C20H29N3O4/c1-4-14(3)21-18(24)15-7-6-8-16(13-15)19(25)22-17-9-11-23(12-10-17)20(26)27-5-2/h6-8,13-14,17H,4-5,9-12H2,1-3H3,(H,21,24)(H,22,25). The highest BCUT2D eigenvalue weighted by Crippen LogP contribution is 2.13. The van der Waals surface area contributed by atoms with Crippen molar-refractivity contribution in [3.05, 3.63) is 35.4 Å². The maximum atomic E-state index is 12.5. The van der Waals surface area contributed by atoms with Gasteiger partial charge in [0.1, 0.15) is 0 Å². The fourth-order valence-electron chi connectivity index (χ4n) is 2.90. The summed E-state index contributed by atoms with van der Waals surface area (Å²) in [6.45, 7) is 7.19. The number of nitrogens with one attached hydrogen (secondary N) is 2. The van der Waals surface area contributed by atoms with E-state index in [-0.39, 0.29) is 30.0 Å². The van der Waals surface area contributed by atoms with E-state index in [0.29, 0.717) is 43.7 Å². The highest BCUT2D eigenvalue weighted by Gasteiger charge is 2.25. The van der Waals surface area contributed by atoms with Gasteiger partial charge in [-0.2, -0.15) is 0 Å². The summed E-state index contributed by atoms with van der Waals surface area (Å²) in [7, 11) is 0. The minimum absolute atomic E-state index is 0.000716. The molecule has 2 rings (SSSR count). The summed E-state index contributed by atoms with van der Waals surface area (Å²) in [4.78, 5) is 38.2. The summed E-state index contributed by atoms with van der Waals surface area (Å²) < 4.78 is 5.00. The maximum Gasteiger partial charge on any atom is 0.409 e. The average Bonchev–Trinajstić information content (AvgIpc) is 2.68. The second kappa shape index (κ2) is 9.94. The van der Waals surface area contributed by atoms with Crippen LogP contribution in [0.1, 0.15) is 60.7 Å². The van der Waals surface area contributed by atoms with Crippen LogP contribution >= 0.6 is 0 Å². The van der Waals surface area contributed by atoms with Gasteiger partial charge in [-0.15, -0.1) is 0 Å². The molecule has 27 heavy (non-hydrogen) atoms. The van der Waals surface area contributed by atoms with E-state index in [1.54, 1.807) is 36.1 Å². The summed E-state index contributed by atoms with van der Waals surface area (Å²) in [5.74, 6) is -0.385. The topological polar surface area (TPSA) is 87.7 Å². The van der Waals surface area contributed by atoms with Crippen molar-refractivity contribution in [1.82, 2.24) is 15.5 Å². The molecule has 7 heteroatoms. The second-order valence-electron chi connectivity index (χ2n) is 6.80. The van der Waals surface area contributed by atoms with Crippen molar-refractivity contribution in [2.45, 2.75) is 52.1 Å². The third-order valence-electron chi connectivity index (χ3n) is 4.73. The fourth-order valence-corrected chi connectivity index (χ4v) is 2.90. The lowest BCUT2D eigenvalue weighted by Crippen LogP contribution is -2.46. The molecule has 0 saturated carbocycles. The van der Waals surface area contributed by atoms with Gasteiger partial charge in [-0.05, 0) is 51.3 Å². The lowest BCUT2D eigenvalue weighted by molar-refractivity contribution is 0.0859. The lowest BCUT2D eigenvalue weighted by Gasteiger charge is -2.31. The molecule has 148 valence electrons. The Balaban J connectivity index is 1.90. The number of piperidine rings is 1. The quantitative estimate of drug-likeness (QED) is 0.800. The van der Waals surface area contributed by atoms with Gasteiger partial charge in [-0.3, -0.25) is 9.59 Å². The normalized spacial score (nSPS) is 15.7. The Kier molecular flexibility index (Phi) is 7.64. The third kappa shape index (κ3) is 5.98. The van der Waals surface area contributed by atoms with Gasteiger partial charge in [0.25, 0.3) is 11.8 Å². The van der Waals surface area contributed by atoms with Crippen LogP contribution in [-0.2, 0) is 4.74 Å². The molecular formula is C20H29N3O4. The van der Waals surface area contributed by atoms with Crippen molar-refractivity contribution in [3.63, 3.8) is 0 Å². The number of nitrogens with zero attached hydrogens (tertiary/aromatic N) is 1. The van der Waals surface area contributed by atoms with Crippen LogP contribution in [0, 0.1) is 0 Å². The molecule has 1 aliphatic rings. The van der Waals surface area contributed by atoms with E-state index in [4.69, 9.17) is 4.74 Å². The fraction of sp³-hybridized carbons (Fsp3) is 0.550. The van der Waals surface area contributed by atoms with Crippen molar-refractivity contribution in [3.8, 4) is 0 Å². The Labute approximate surface area is 160 Å². The first-order chi connectivity index (χ1) is 12.9. The average molecular weight is 375 g/mol. The zero-order valence-electron chi connectivity index (χ0n) is 16.3. The molecule has 1 heterocycles. The largest absolute Gasteiger partial charge is 0.450 e. The van der Waals surface area contributed by atoms with E-state index >= 15 is 0 Å². The number of carbonyl (C=O) groups is 3. The van der Waals surface area contributed by atoms with Crippen LogP contribution in [0.2, 0.25) is 0 Å². The van der Waals surface area contributed by atoms with Crippen molar-refractivity contribution >= 4 is 17.9 Å². The van der Waals surface area contributed by atoms with E-state index in [1.807, 2.05) is 13.8 Å². The van der Waals surface area contributed by atoms with E-state index in [0.717, 1.165) is 6.42 Å². The van der Waals surface area contributed by atoms with Gasteiger partial charge < -0.3 is 20.3 Å². The molecule has 2 N–H and O–H groups in total. The third-order valence-corrected chi connectivity index (χ3v) is 4.73. The molecular weight excluding hydrogens is 346 g/mol. The van der Waals surface area contributed by atoms with Gasteiger partial charge in [0.2, 0.25) is 0 Å². The van der Waals surface area contributed by atoms with Crippen LogP contribution in [0.5, 0.6) is 0 Å². The molecule has 0 aliphatic carbocycles. The van der Waals surface area contributed by atoms with E-state index < -0.39 is 0 Å².